The lowest BCUT2D eigenvalue weighted by Gasteiger charge is -2.43. The summed E-state index contributed by atoms with van der Waals surface area (Å²) in [5.41, 5.74) is 6.00. The van der Waals surface area contributed by atoms with Gasteiger partial charge >= 0.3 is 0 Å². The molecule has 1 aliphatic carbocycles. The molecular formula is C12H22N2O2. The Hall–Kier alpha value is -0.610. The highest BCUT2D eigenvalue weighted by Crippen LogP contribution is 2.40. The van der Waals surface area contributed by atoms with Crippen LogP contribution in [0.3, 0.4) is 0 Å². The van der Waals surface area contributed by atoms with Gasteiger partial charge in [0.15, 0.2) is 0 Å². The number of hydrogen-bond acceptors (Lipinski definition) is 3. The molecule has 1 atom stereocenters. The zero-order chi connectivity index (χ0) is 11.6. The predicted molar refractivity (Wildman–Crippen MR) is 61.9 cm³/mol. The SMILES string of the molecule is CN(CC1(CN)CCC1)C(=O)C1CCCO1. The van der Waals surface area contributed by atoms with Crippen LogP contribution < -0.4 is 5.73 Å². The van der Waals surface area contributed by atoms with Crippen molar-refractivity contribution in [1.82, 2.24) is 4.90 Å². The van der Waals surface area contributed by atoms with E-state index in [2.05, 4.69) is 0 Å². The molecule has 92 valence electrons. The highest BCUT2D eigenvalue weighted by Gasteiger charge is 2.38. The second kappa shape index (κ2) is 4.72. The smallest absolute Gasteiger partial charge is 0.251 e. The normalized spacial score (nSPS) is 27.5. The minimum Gasteiger partial charge on any atom is -0.368 e. The molecule has 1 saturated carbocycles. The van der Waals surface area contributed by atoms with Gasteiger partial charge in [-0.15, -0.1) is 0 Å². The summed E-state index contributed by atoms with van der Waals surface area (Å²) in [7, 11) is 1.87. The monoisotopic (exact) mass is 226 g/mol. The summed E-state index contributed by atoms with van der Waals surface area (Å²) in [6, 6.07) is 0. The summed E-state index contributed by atoms with van der Waals surface area (Å²) in [5, 5.41) is 0. The molecule has 2 fully saturated rings. The molecule has 4 heteroatoms. The molecule has 2 N–H and O–H groups in total. The van der Waals surface area contributed by atoms with Crippen molar-refractivity contribution in [2.45, 2.75) is 38.2 Å². The number of nitrogens with two attached hydrogens (primary N) is 1. The number of likely N-dealkylation sites (N-methyl/N-ethyl adjacent to an activating group) is 1. The zero-order valence-electron chi connectivity index (χ0n) is 10.1. The lowest BCUT2D eigenvalue weighted by molar-refractivity contribution is -0.141. The third-order valence-electron chi connectivity index (χ3n) is 4.00. The summed E-state index contributed by atoms with van der Waals surface area (Å²) < 4.78 is 5.41. The van der Waals surface area contributed by atoms with Gasteiger partial charge in [-0.05, 0) is 32.2 Å². The van der Waals surface area contributed by atoms with E-state index in [4.69, 9.17) is 10.5 Å². The van der Waals surface area contributed by atoms with Crippen molar-refractivity contribution in [3.8, 4) is 0 Å². The molecule has 1 saturated heterocycles. The Morgan fingerprint density at radius 2 is 2.25 bits per heavy atom. The van der Waals surface area contributed by atoms with Gasteiger partial charge in [-0.25, -0.2) is 0 Å². The number of carbonyl (C=O) groups excluding carboxylic acids is 1. The third kappa shape index (κ3) is 2.23. The minimum atomic E-state index is -0.195. The molecule has 16 heavy (non-hydrogen) atoms. The van der Waals surface area contributed by atoms with Crippen molar-refractivity contribution in [2.75, 3.05) is 26.7 Å². The third-order valence-corrected chi connectivity index (χ3v) is 4.00. The quantitative estimate of drug-likeness (QED) is 0.769. The van der Waals surface area contributed by atoms with E-state index in [1.165, 1.54) is 6.42 Å². The van der Waals surface area contributed by atoms with E-state index in [1.54, 1.807) is 0 Å². The van der Waals surface area contributed by atoms with E-state index in [9.17, 15) is 4.79 Å². The first-order valence-corrected chi connectivity index (χ1v) is 6.23. The van der Waals surface area contributed by atoms with Gasteiger partial charge < -0.3 is 15.4 Å². The Morgan fingerprint density at radius 3 is 2.69 bits per heavy atom. The van der Waals surface area contributed by atoms with E-state index < -0.39 is 0 Å². The first kappa shape index (κ1) is 11.9. The number of ether oxygens (including phenoxy) is 1. The van der Waals surface area contributed by atoms with Gasteiger partial charge in [-0.3, -0.25) is 4.79 Å². The fourth-order valence-electron chi connectivity index (χ4n) is 2.70. The van der Waals surface area contributed by atoms with Crippen molar-refractivity contribution >= 4 is 5.91 Å². The van der Waals surface area contributed by atoms with Gasteiger partial charge in [-0.1, -0.05) is 6.42 Å². The van der Waals surface area contributed by atoms with Crippen molar-refractivity contribution in [3.05, 3.63) is 0 Å². The molecule has 0 aromatic heterocycles. The molecule has 1 unspecified atom stereocenters. The topological polar surface area (TPSA) is 55.6 Å². The number of rotatable bonds is 4. The summed E-state index contributed by atoms with van der Waals surface area (Å²) in [6.45, 7) is 2.21. The van der Waals surface area contributed by atoms with Crippen LogP contribution in [0.15, 0.2) is 0 Å². The Morgan fingerprint density at radius 1 is 1.50 bits per heavy atom. The molecule has 0 radical (unpaired) electrons. The first-order chi connectivity index (χ1) is 7.67. The molecule has 1 amide bonds. The van der Waals surface area contributed by atoms with E-state index in [1.807, 2.05) is 11.9 Å². The molecule has 4 nitrogen and oxygen atoms in total. The summed E-state index contributed by atoms with van der Waals surface area (Å²) in [5.74, 6) is 0.136. The number of amides is 1. The highest BCUT2D eigenvalue weighted by atomic mass is 16.5. The maximum atomic E-state index is 12.0. The van der Waals surface area contributed by atoms with Gasteiger partial charge in [0, 0.05) is 25.6 Å². The fraction of sp³-hybridized carbons (Fsp3) is 0.917. The maximum absolute atomic E-state index is 12.0. The Balaban J connectivity index is 1.86. The van der Waals surface area contributed by atoms with Crippen LogP contribution in [0, 0.1) is 5.41 Å². The number of nitrogens with zero attached hydrogens (tertiary/aromatic N) is 1. The van der Waals surface area contributed by atoms with Crippen molar-refractivity contribution < 1.29 is 9.53 Å². The summed E-state index contributed by atoms with van der Waals surface area (Å²) in [6.07, 6.45) is 5.25. The van der Waals surface area contributed by atoms with Gasteiger partial charge in [0.25, 0.3) is 5.91 Å². The number of hydrogen-bond donors (Lipinski definition) is 1. The lowest BCUT2D eigenvalue weighted by atomic mass is 9.68. The molecule has 0 bridgehead atoms. The minimum absolute atomic E-state index is 0.136. The Labute approximate surface area is 97.1 Å². The van der Waals surface area contributed by atoms with Crippen LogP contribution in [-0.4, -0.2) is 43.7 Å². The van der Waals surface area contributed by atoms with Crippen LogP contribution >= 0.6 is 0 Å². The van der Waals surface area contributed by atoms with E-state index in [0.29, 0.717) is 6.54 Å². The molecule has 0 spiro atoms. The average Bonchev–Trinajstić information content (AvgIpc) is 2.75. The van der Waals surface area contributed by atoms with Crippen LogP contribution in [0.1, 0.15) is 32.1 Å². The second-order valence-electron chi connectivity index (χ2n) is 5.25. The summed E-state index contributed by atoms with van der Waals surface area (Å²) >= 11 is 0. The molecule has 2 aliphatic rings. The highest BCUT2D eigenvalue weighted by molar-refractivity contribution is 5.80. The Kier molecular flexibility index (Phi) is 3.50. The fourth-order valence-corrected chi connectivity index (χ4v) is 2.70. The largest absolute Gasteiger partial charge is 0.368 e. The standard InChI is InChI=1S/C12H22N2O2/c1-14(9-12(8-13)5-3-6-12)11(15)10-4-2-7-16-10/h10H,2-9,13H2,1H3. The van der Waals surface area contributed by atoms with Crippen molar-refractivity contribution in [2.24, 2.45) is 11.1 Å². The first-order valence-electron chi connectivity index (χ1n) is 6.23. The van der Waals surface area contributed by atoms with Gasteiger partial charge in [0.05, 0.1) is 0 Å². The molecular weight excluding hydrogens is 204 g/mol. The maximum Gasteiger partial charge on any atom is 0.251 e. The van der Waals surface area contributed by atoms with Crippen LogP contribution in [-0.2, 0) is 9.53 Å². The average molecular weight is 226 g/mol. The number of carbonyl (C=O) groups is 1. The van der Waals surface area contributed by atoms with Crippen LogP contribution in [0.4, 0.5) is 0 Å². The van der Waals surface area contributed by atoms with E-state index in [-0.39, 0.29) is 17.4 Å². The predicted octanol–water partition coefficient (Wildman–Crippen LogP) is 0.753. The molecule has 0 aromatic rings. The molecule has 1 aliphatic heterocycles. The van der Waals surface area contributed by atoms with Crippen LogP contribution in [0.5, 0.6) is 0 Å². The van der Waals surface area contributed by atoms with Gasteiger partial charge in [0.1, 0.15) is 6.10 Å². The molecule has 0 aromatic carbocycles. The van der Waals surface area contributed by atoms with Crippen molar-refractivity contribution in [1.29, 1.82) is 0 Å². The Bertz CT molecular complexity index is 252. The van der Waals surface area contributed by atoms with E-state index >= 15 is 0 Å². The van der Waals surface area contributed by atoms with Crippen molar-refractivity contribution in [3.63, 3.8) is 0 Å². The molecule has 1 heterocycles. The molecule has 2 rings (SSSR count). The summed E-state index contributed by atoms with van der Waals surface area (Å²) in [4.78, 5) is 13.9. The van der Waals surface area contributed by atoms with Crippen LogP contribution in [0.25, 0.3) is 0 Å². The lowest BCUT2D eigenvalue weighted by Crippen LogP contribution is -2.49. The zero-order valence-corrected chi connectivity index (χ0v) is 10.1. The van der Waals surface area contributed by atoms with E-state index in [0.717, 1.165) is 38.8 Å². The second-order valence-corrected chi connectivity index (χ2v) is 5.25. The van der Waals surface area contributed by atoms with Gasteiger partial charge in [-0.2, -0.15) is 0 Å². The van der Waals surface area contributed by atoms with Crippen LogP contribution in [0.2, 0.25) is 0 Å². The van der Waals surface area contributed by atoms with Gasteiger partial charge in [0.2, 0.25) is 0 Å².